The molecule has 0 N–H and O–H groups in total. The van der Waals surface area contributed by atoms with Crippen molar-refractivity contribution in [2.45, 2.75) is 33.3 Å². The van der Waals surface area contributed by atoms with Crippen molar-refractivity contribution >= 4 is 17.9 Å². The first kappa shape index (κ1) is 14.5. The fraction of sp³-hybridized carbons (Fsp3) is 0.750. The van der Waals surface area contributed by atoms with Gasteiger partial charge in [0.2, 0.25) is 0 Å². The van der Waals surface area contributed by atoms with Gasteiger partial charge < -0.3 is 14.2 Å². The van der Waals surface area contributed by atoms with Gasteiger partial charge in [-0.15, -0.1) is 0 Å². The highest BCUT2D eigenvalue weighted by Crippen LogP contribution is 2.38. The summed E-state index contributed by atoms with van der Waals surface area (Å²) in [5.74, 6) is -4.31. The maximum atomic E-state index is 11.9. The molecule has 1 fully saturated rings. The molecule has 0 bridgehead atoms. The van der Waals surface area contributed by atoms with E-state index in [0.717, 1.165) is 0 Å². The Labute approximate surface area is 106 Å². The minimum absolute atomic E-state index is 0.137. The maximum Gasteiger partial charge on any atom is 0.321 e. The quantitative estimate of drug-likeness (QED) is 0.419. The van der Waals surface area contributed by atoms with E-state index < -0.39 is 35.3 Å². The van der Waals surface area contributed by atoms with Crippen LogP contribution in [-0.2, 0) is 28.6 Å². The molecule has 0 aromatic rings. The molecule has 6 nitrogen and oxygen atoms in total. The van der Waals surface area contributed by atoms with Gasteiger partial charge in [0.15, 0.2) is 5.92 Å². The lowest BCUT2D eigenvalue weighted by Crippen LogP contribution is -2.40. The van der Waals surface area contributed by atoms with E-state index in [2.05, 4.69) is 0 Å². The molecule has 1 aliphatic heterocycles. The van der Waals surface area contributed by atoms with Gasteiger partial charge in [-0.2, -0.15) is 0 Å². The van der Waals surface area contributed by atoms with Crippen molar-refractivity contribution in [2.24, 2.45) is 11.8 Å². The highest BCUT2D eigenvalue weighted by Gasteiger charge is 2.58. The number of carbonyl (C=O) groups is 3. The van der Waals surface area contributed by atoms with Crippen molar-refractivity contribution in [1.29, 1.82) is 0 Å². The van der Waals surface area contributed by atoms with Crippen LogP contribution in [-0.4, -0.2) is 36.7 Å². The maximum absolute atomic E-state index is 11.9. The largest absolute Gasteiger partial charge is 0.466 e. The third-order valence-corrected chi connectivity index (χ3v) is 2.78. The molecule has 6 heteroatoms. The zero-order chi connectivity index (χ0) is 13.9. The molecule has 18 heavy (non-hydrogen) atoms. The van der Waals surface area contributed by atoms with Crippen LogP contribution in [0.2, 0.25) is 0 Å². The van der Waals surface area contributed by atoms with Crippen LogP contribution in [0.15, 0.2) is 0 Å². The second-order valence-electron chi connectivity index (χ2n) is 4.48. The number of cyclic esters (lactones) is 1. The molecule has 1 aliphatic rings. The average Bonchev–Trinajstić information content (AvgIpc) is 2.48. The molecule has 0 saturated carbocycles. The zero-order valence-electron chi connectivity index (χ0n) is 11.0. The lowest BCUT2D eigenvalue weighted by Gasteiger charge is -2.24. The number of esters is 3. The van der Waals surface area contributed by atoms with Crippen molar-refractivity contribution in [1.82, 2.24) is 0 Å². The first-order valence-corrected chi connectivity index (χ1v) is 5.91. The lowest BCUT2D eigenvalue weighted by molar-refractivity contribution is -0.162. The Balaban J connectivity index is 3.01. The van der Waals surface area contributed by atoms with Gasteiger partial charge in [0.1, 0.15) is 11.5 Å². The molecular weight excluding hydrogens is 240 g/mol. The first-order chi connectivity index (χ1) is 8.35. The smallest absolute Gasteiger partial charge is 0.321 e. The van der Waals surface area contributed by atoms with Gasteiger partial charge in [0.25, 0.3) is 0 Å². The number of hydrogen-bond donors (Lipinski definition) is 0. The van der Waals surface area contributed by atoms with E-state index in [1.165, 1.54) is 0 Å². The summed E-state index contributed by atoms with van der Waals surface area (Å²) in [5.41, 5.74) is -1.07. The molecule has 0 radical (unpaired) electrons. The molecule has 0 spiro atoms. The van der Waals surface area contributed by atoms with E-state index >= 15 is 0 Å². The summed E-state index contributed by atoms with van der Waals surface area (Å²) in [7, 11) is 0. The molecule has 0 aromatic carbocycles. The SMILES string of the molecule is CCOC(=O)[C@@H]1C(=O)OC(C)(C)[C@H]1C(=O)OCC. The minimum Gasteiger partial charge on any atom is -0.466 e. The molecule has 1 saturated heterocycles. The van der Waals surface area contributed by atoms with Crippen LogP contribution in [0.1, 0.15) is 27.7 Å². The van der Waals surface area contributed by atoms with Crippen LogP contribution in [0.4, 0.5) is 0 Å². The van der Waals surface area contributed by atoms with Crippen LogP contribution in [0.5, 0.6) is 0 Å². The number of rotatable bonds is 4. The summed E-state index contributed by atoms with van der Waals surface area (Å²) in [6.45, 7) is 6.75. The highest BCUT2D eigenvalue weighted by atomic mass is 16.6. The van der Waals surface area contributed by atoms with Crippen LogP contribution < -0.4 is 0 Å². The second kappa shape index (κ2) is 5.37. The Hall–Kier alpha value is -1.59. The fourth-order valence-electron chi connectivity index (χ4n) is 2.04. The topological polar surface area (TPSA) is 78.9 Å². The van der Waals surface area contributed by atoms with E-state index in [-0.39, 0.29) is 13.2 Å². The third-order valence-electron chi connectivity index (χ3n) is 2.78. The molecule has 0 unspecified atom stereocenters. The summed E-state index contributed by atoms with van der Waals surface area (Å²) in [5, 5.41) is 0. The van der Waals surface area contributed by atoms with Gasteiger partial charge in [-0.05, 0) is 27.7 Å². The summed E-state index contributed by atoms with van der Waals surface area (Å²) < 4.78 is 14.8. The van der Waals surface area contributed by atoms with Crippen LogP contribution in [0.3, 0.4) is 0 Å². The summed E-state index contributed by atoms with van der Waals surface area (Å²) in [6.07, 6.45) is 0. The standard InChI is InChI=1S/C12H18O6/c1-5-16-9(13)7-8(11(15)17-6-2)12(3,4)18-10(7)14/h7-8H,5-6H2,1-4H3/t7-,8-/m1/s1. The number of carbonyl (C=O) groups excluding carboxylic acids is 3. The van der Waals surface area contributed by atoms with Crippen molar-refractivity contribution < 1.29 is 28.6 Å². The summed E-state index contributed by atoms with van der Waals surface area (Å²) >= 11 is 0. The minimum atomic E-state index is -1.24. The van der Waals surface area contributed by atoms with E-state index in [0.29, 0.717) is 0 Å². The highest BCUT2D eigenvalue weighted by molar-refractivity contribution is 6.01. The molecule has 0 amide bonds. The normalized spacial score (nSPS) is 25.4. The van der Waals surface area contributed by atoms with Crippen LogP contribution in [0.25, 0.3) is 0 Å². The van der Waals surface area contributed by atoms with E-state index in [1.54, 1.807) is 27.7 Å². The Morgan fingerprint density at radius 2 is 1.67 bits per heavy atom. The third kappa shape index (κ3) is 2.63. The molecular formula is C12H18O6. The monoisotopic (exact) mass is 258 g/mol. The second-order valence-corrected chi connectivity index (χ2v) is 4.48. The van der Waals surface area contributed by atoms with Crippen molar-refractivity contribution in [3.63, 3.8) is 0 Å². The van der Waals surface area contributed by atoms with Gasteiger partial charge in [0.05, 0.1) is 13.2 Å². The van der Waals surface area contributed by atoms with Gasteiger partial charge >= 0.3 is 17.9 Å². The van der Waals surface area contributed by atoms with Gasteiger partial charge in [0, 0.05) is 0 Å². The molecule has 2 atom stereocenters. The Morgan fingerprint density at radius 1 is 1.17 bits per heavy atom. The van der Waals surface area contributed by atoms with Gasteiger partial charge in [-0.1, -0.05) is 0 Å². The van der Waals surface area contributed by atoms with Crippen LogP contribution in [0, 0.1) is 11.8 Å². The molecule has 1 heterocycles. The van der Waals surface area contributed by atoms with Crippen molar-refractivity contribution in [3.8, 4) is 0 Å². The van der Waals surface area contributed by atoms with E-state index in [4.69, 9.17) is 14.2 Å². The molecule has 0 aromatic heterocycles. The predicted octanol–water partition coefficient (Wildman–Crippen LogP) is 0.680. The zero-order valence-corrected chi connectivity index (χ0v) is 11.0. The van der Waals surface area contributed by atoms with Crippen molar-refractivity contribution in [2.75, 3.05) is 13.2 Å². The Bertz CT molecular complexity index is 360. The number of ether oxygens (including phenoxy) is 3. The van der Waals surface area contributed by atoms with Crippen LogP contribution >= 0.6 is 0 Å². The molecule has 102 valence electrons. The van der Waals surface area contributed by atoms with E-state index in [9.17, 15) is 14.4 Å². The fourth-order valence-corrected chi connectivity index (χ4v) is 2.04. The van der Waals surface area contributed by atoms with Crippen molar-refractivity contribution in [3.05, 3.63) is 0 Å². The Kier molecular flexibility index (Phi) is 4.32. The number of hydrogen-bond acceptors (Lipinski definition) is 6. The van der Waals surface area contributed by atoms with Gasteiger partial charge in [-0.3, -0.25) is 14.4 Å². The summed E-state index contributed by atoms with van der Waals surface area (Å²) in [4.78, 5) is 35.3. The predicted molar refractivity (Wildman–Crippen MR) is 60.4 cm³/mol. The summed E-state index contributed by atoms with van der Waals surface area (Å²) in [6, 6.07) is 0. The molecule has 0 aliphatic carbocycles. The molecule has 1 rings (SSSR count). The first-order valence-electron chi connectivity index (χ1n) is 5.91. The average molecular weight is 258 g/mol. The lowest BCUT2D eigenvalue weighted by atomic mass is 9.83. The Morgan fingerprint density at radius 3 is 2.17 bits per heavy atom. The van der Waals surface area contributed by atoms with E-state index in [1.807, 2.05) is 0 Å². The van der Waals surface area contributed by atoms with Gasteiger partial charge in [-0.25, -0.2) is 0 Å².